The van der Waals surface area contributed by atoms with Crippen LogP contribution in [0.2, 0.25) is 0 Å². The number of methoxy groups -OCH3 is 1. The Morgan fingerprint density at radius 3 is 2.59 bits per heavy atom. The van der Waals surface area contributed by atoms with Crippen LogP contribution in [0.15, 0.2) is 60.7 Å². The molecule has 1 fully saturated rings. The van der Waals surface area contributed by atoms with E-state index >= 15 is 0 Å². The topological polar surface area (TPSA) is 105 Å². The number of sulfonamides is 1. The molecule has 4 rings (SSSR count). The maximum Gasteiger partial charge on any atom is 0.313 e. The van der Waals surface area contributed by atoms with Crippen LogP contribution in [0, 0.1) is 0 Å². The molecule has 32 heavy (non-hydrogen) atoms. The zero-order chi connectivity index (χ0) is 22.7. The smallest absolute Gasteiger partial charge is 0.313 e. The van der Waals surface area contributed by atoms with Crippen molar-refractivity contribution in [1.82, 2.24) is 5.32 Å². The molecule has 1 aliphatic heterocycles. The Hall–Kier alpha value is -3.59. The zero-order valence-corrected chi connectivity index (χ0v) is 18.3. The van der Waals surface area contributed by atoms with Gasteiger partial charge >= 0.3 is 11.8 Å². The van der Waals surface area contributed by atoms with E-state index in [0.717, 1.165) is 16.3 Å². The highest BCUT2D eigenvalue weighted by molar-refractivity contribution is 7.93. The lowest BCUT2D eigenvalue weighted by atomic mass is 10.0. The Kier molecular flexibility index (Phi) is 6.00. The first-order valence-corrected chi connectivity index (χ1v) is 11.7. The highest BCUT2D eigenvalue weighted by Gasteiger charge is 2.28. The molecule has 8 nitrogen and oxygen atoms in total. The lowest BCUT2D eigenvalue weighted by Gasteiger charge is -2.17. The predicted molar refractivity (Wildman–Crippen MR) is 123 cm³/mol. The van der Waals surface area contributed by atoms with Crippen LogP contribution in [-0.2, 0) is 26.2 Å². The molecule has 1 saturated heterocycles. The van der Waals surface area contributed by atoms with Crippen LogP contribution in [0.1, 0.15) is 12.0 Å². The monoisotopic (exact) mass is 453 g/mol. The molecule has 1 aliphatic rings. The van der Waals surface area contributed by atoms with Crippen LogP contribution < -0.4 is 19.7 Å². The molecule has 3 aromatic rings. The third-order valence-corrected chi connectivity index (χ3v) is 7.21. The summed E-state index contributed by atoms with van der Waals surface area (Å²) in [5, 5.41) is 7.08. The molecular formula is C23H23N3O5S. The van der Waals surface area contributed by atoms with Gasteiger partial charge in [-0.05, 0) is 41.5 Å². The van der Waals surface area contributed by atoms with Gasteiger partial charge in [0.1, 0.15) is 5.75 Å². The number of ether oxygens (including phenoxy) is 1. The van der Waals surface area contributed by atoms with Crippen LogP contribution in [0.5, 0.6) is 5.75 Å². The van der Waals surface area contributed by atoms with Gasteiger partial charge in [-0.2, -0.15) is 0 Å². The SMILES string of the molecule is COc1ccc2ccccc2c1CNC(=O)C(=O)Nc1cccc(N2CCCS2(=O)=O)c1. The fourth-order valence-corrected chi connectivity index (χ4v) is 5.35. The van der Waals surface area contributed by atoms with E-state index in [0.29, 0.717) is 30.1 Å². The van der Waals surface area contributed by atoms with Crippen molar-refractivity contribution in [3.8, 4) is 5.75 Å². The van der Waals surface area contributed by atoms with Crippen molar-refractivity contribution in [2.24, 2.45) is 0 Å². The van der Waals surface area contributed by atoms with Crippen molar-refractivity contribution >= 4 is 44.0 Å². The number of nitrogens with one attached hydrogen (secondary N) is 2. The largest absolute Gasteiger partial charge is 0.496 e. The standard InChI is InChI=1S/C23H23N3O5S/c1-31-21-11-10-16-6-2-3-9-19(16)20(21)15-24-22(27)23(28)25-17-7-4-8-18(14-17)26-12-5-13-32(26,29)30/h2-4,6-11,14H,5,12-13,15H2,1H3,(H,24,27)(H,25,28). The summed E-state index contributed by atoms with van der Waals surface area (Å²) < 4.78 is 31.0. The van der Waals surface area contributed by atoms with E-state index in [9.17, 15) is 18.0 Å². The Labute approximate surface area is 186 Å². The summed E-state index contributed by atoms with van der Waals surface area (Å²) in [5.74, 6) is -0.933. The van der Waals surface area contributed by atoms with E-state index in [2.05, 4.69) is 10.6 Å². The molecule has 0 atom stereocenters. The molecule has 2 N–H and O–H groups in total. The van der Waals surface area contributed by atoms with Gasteiger partial charge in [0.05, 0.1) is 18.6 Å². The van der Waals surface area contributed by atoms with Gasteiger partial charge in [0, 0.05) is 24.3 Å². The van der Waals surface area contributed by atoms with Crippen molar-refractivity contribution in [2.45, 2.75) is 13.0 Å². The lowest BCUT2D eigenvalue weighted by Crippen LogP contribution is -2.35. The van der Waals surface area contributed by atoms with Crippen molar-refractivity contribution in [2.75, 3.05) is 29.0 Å². The van der Waals surface area contributed by atoms with Crippen molar-refractivity contribution in [3.63, 3.8) is 0 Å². The lowest BCUT2D eigenvalue weighted by molar-refractivity contribution is -0.136. The molecule has 0 unspecified atom stereocenters. The second kappa shape index (κ2) is 8.88. The molecule has 2 amide bonds. The Morgan fingerprint density at radius 2 is 1.84 bits per heavy atom. The molecule has 0 aromatic heterocycles. The number of hydrogen-bond acceptors (Lipinski definition) is 5. The summed E-state index contributed by atoms with van der Waals surface area (Å²) in [7, 11) is -1.78. The van der Waals surface area contributed by atoms with E-state index in [1.54, 1.807) is 31.4 Å². The summed E-state index contributed by atoms with van der Waals surface area (Å²) >= 11 is 0. The first-order chi connectivity index (χ1) is 15.4. The summed E-state index contributed by atoms with van der Waals surface area (Å²) in [6.45, 7) is 0.510. The van der Waals surface area contributed by atoms with Gasteiger partial charge in [0.2, 0.25) is 10.0 Å². The zero-order valence-electron chi connectivity index (χ0n) is 17.5. The second-order valence-electron chi connectivity index (χ2n) is 7.40. The molecule has 0 spiro atoms. The minimum absolute atomic E-state index is 0.101. The highest BCUT2D eigenvalue weighted by atomic mass is 32.2. The Bertz CT molecular complexity index is 1290. The van der Waals surface area contributed by atoms with Gasteiger partial charge in [-0.1, -0.05) is 36.4 Å². The average molecular weight is 454 g/mol. The molecule has 0 radical (unpaired) electrons. The van der Waals surface area contributed by atoms with Crippen molar-refractivity contribution < 1.29 is 22.7 Å². The predicted octanol–water partition coefficient (Wildman–Crippen LogP) is 2.64. The number of benzene rings is 3. The van der Waals surface area contributed by atoms with Gasteiger partial charge in [0.25, 0.3) is 0 Å². The number of carbonyl (C=O) groups excluding carboxylic acids is 2. The summed E-state index contributed by atoms with van der Waals surface area (Å²) in [6.07, 6.45) is 0.555. The van der Waals surface area contributed by atoms with Crippen LogP contribution in [0.4, 0.5) is 11.4 Å². The second-order valence-corrected chi connectivity index (χ2v) is 9.41. The van der Waals surface area contributed by atoms with E-state index in [1.807, 2.05) is 36.4 Å². The van der Waals surface area contributed by atoms with Crippen LogP contribution in [0.25, 0.3) is 10.8 Å². The van der Waals surface area contributed by atoms with E-state index in [-0.39, 0.29) is 12.3 Å². The molecule has 0 bridgehead atoms. The van der Waals surface area contributed by atoms with Gasteiger partial charge in [-0.15, -0.1) is 0 Å². The van der Waals surface area contributed by atoms with Gasteiger partial charge < -0.3 is 15.4 Å². The fraction of sp³-hybridized carbons (Fsp3) is 0.217. The third kappa shape index (κ3) is 4.38. The van der Waals surface area contributed by atoms with E-state index < -0.39 is 21.8 Å². The average Bonchev–Trinajstić information content (AvgIpc) is 3.16. The van der Waals surface area contributed by atoms with Gasteiger partial charge in [-0.25, -0.2) is 8.42 Å². The molecule has 9 heteroatoms. The molecule has 0 aliphatic carbocycles. The number of anilines is 2. The molecule has 166 valence electrons. The number of rotatable bonds is 5. The van der Waals surface area contributed by atoms with E-state index in [1.165, 1.54) is 4.31 Å². The minimum Gasteiger partial charge on any atom is -0.496 e. The Balaban J connectivity index is 1.45. The van der Waals surface area contributed by atoms with Gasteiger partial charge in [-0.3, -0.25) is 13.9 Å². The first-order valence-electron chi connectivity index (χ1n) is 10.1. The number of fused-ring (bicyclic) bond motifs is 1. The van der Waals surface area contributed by atoms with Crippen molar-refractivity contribution in [1.29, 1.82) is 0 Å². The Morgan fingerprint density at radius 1 is 1.03 bits per heavy atom. The number of nitrogens with zero attached hydrogens (tertiary/aromatic N) is 1. The summed E-state index contributed by atoms with van der Waals surface area (Å²) in [5.41, 5.74) is 1.57. The maximum atomic E-state index is 12.4. The van der Waals surface area contributed by atoms with Crippen LogP contribution >= 0.6 is 0 Å². The van der Waals surface area contributed by atoms with E-state index in [4.69, 9.17) is 4.74 Å². The van der Waals surface area contributed by atoms with Crippen LogP contribution in [-0.4, -0.2) is 39.6 Å². The quantitative estimate of drug-likeness (QED) is 0.578. The first kappa shape index (κ1) is 21.6. The number of carbonyl (C=O) groups is 2. The molecule has 3 aromatic carbocycles. The molecular weight excluding hydrogens is 430 g/mol. The van der Waals surface area contributed by atoms with Gasteiger partial charge in [0.15, 0.2) is 0 Å². The fourth-order valence-electron chi connectivity index (χ4n) is 3.79. The normalized spacial score (nSPS) is 14.8. The maximum absolute atomic E-state index is 12.4. The molecule has 0 saturated carbocycles. The van der Waals surface area contributed by atoms with Crippen LogP contribution in [0.3, 0.4) is 0 Å². The highest BCUT2D eigenvalue weighted by Crippen LogP contribution is 2.28. The third-order valence-electron chi connectivity index (χ3n) is 5.34. The molecule has 1 heterocycles. The summed E-state index contributed by atoms with van der Waals surface area (Å²) in [4.78, 5) is 24.9. The minimum atomic E-state index is -3.34. The number of hydrogen-bond donors (Lipinski definition) is 2. The number of amides is 2. The van der Waals surface area contributed by atoms with Crippen molar-refractivity contribution in [3.05, 3.63) is 66.2 Å². The summed E-state index contributed by atoms with van der Waals surface area (Å²) in [6, 6.07) is 17.9.